The molecule has 6 aromatic rings. The van der Waals surface area contributed by atoms with Gasteiger partial charge in [0.1, 0.15) is 95.5 Å². The van der Waals surface area contributed by atoms with Gasteiger partial charge in [0.2, 0.25) is 59.3 Å². The predicted molar refractivity (Wildman–Crippen MR) is 345 cm³/mol. The summed E-state index contributed by atoms with van der Waals surface area (Å²) in [4.78, 5) is 117. The molecule has 14 atom stereocenters. The van der Waals surface area contributed by atoms with Crippen molar-refractivity contribution in [2.75, 3.05) is 13.7 Å². The average molecular weight is 1390 g/mol. The molecule has 0 unspecified atom stereocenters. The van der Waals surface area contributed by atoms with Crippen LogP contribution in [0.25, 0.3) is 11.1 Å². The number of nitrogens with two attached hydrogens (primary N) is 2. The molecule has 0 spiro atoms. The lowest BCUT2D eigenvalue weighted by molar-refractivity contribution is -0.245. The Morgan fingerprint density at radius 1 is 0.653 bits per heavy atom. The highest BCUT2D eigenvalue weighted by Crippen LogP contribution is 2.49. The zero-order valence-electron chi connectivity index (χ0n) is 52.3. The van der Waals surface area contributed by atoms with Gasteiger partial charge in [-0.2, -0.15) is 0 Å². The molecular formula is C66H70Cl2N10O20. The normalized spacial score (nSPS) is 25.2. The molecule has 1 saturated heterocycles. The first-order valence-corrected chi connectivity index (χ1v) is 31.4. The number of hydrogen-bond donors (Lipinski definition) is 18. The molecule has 11 bridgehead atoms. The van der Waals surface area contributed by atoms with Crippen LogP contribution in [0.2, 0.25) is 10.0 Å². The van der Waals surface area contributed by atoms with Crippen molar-refractivity contribution in [2.45, 2.75) is 118 Å². The van der Waals surface area contributed by atoms with Gasteiger partial charge in [-0.25, -0.2) is 0 Å². The molecule has 518 valence electrons. The van der Waals surface area contributed by atoms with Crippen LogP contribution in [0, 0.1) is 5.92 Å². The molecular weight excluding hydrogens is 1320 g/mol. The van der Waals surface area contributed by atoms with E-state index in [0.717, 1.165) is 48.5 Å². The van der Waals surface area contributed by atoms with Crippen molar-refractivity contribution in [3.63, 3.8) is 0 Å². The monoisotopic (exact) mass is 1390 g/mol. The number of aliphatic hydroxyl groups is 5. The van der Waals surface area contributed by atoms with E-state index in [0.29, 0.717) is 5.56 Å². The number of carbonyl (C=O) groups is 8. The first kappa shape index (κ1) is 70.9. The Bertz CT molecular complexity index is 4100. The van der Waals surface area contributed by atoms with Gasteiger partial charge >= 0.3 is 0 Å². The van der Waals surface area contributed by atoms with Crippen LogP contribution in [0.3, 0.4) is 0 Å². The molecule has 0 aliphatic carbocycles. The molecule has 8 amide bonds. The van der Waals surface area contributed by atoms with Crippen molar-refractivity contribution in [1.82, 2.24) is 42.5 Å². The summed E-state index contributed by atoms with van der Waals surface area (Å²) in [6.07, 6.45) is -11.8. The number of aliphatic hydroxyl groups excluding tert-OH is 5. The van der Waals surface area contributed by atoms with Crippen LogP contribution in [0.15, 0.2) is 109 Å². The highest BCUT2D eigenvalue weighted by molar-refractivity contribution is 6.32. The molecule has 30 nitrogen and oxygen atoms in total. The molecule has 6 aliphatic heterocycles. The minimum absolute atomic E-state index is 0.0147. The largest absolute Gasteiger partial charge is 0.508 e. The molecule has 32 heteroatoms. The fourth-order valence-corrected chi connectivity index (χ4v) is 12.3. The fraction of sp³-hybridized carbons (Fsp3) is 0.333. The highest BCUT2D eigenvalue weighted by atomic mass is 35.5. The number of nitrogens with one attached hydrogen (secondary N) is 8. The lowest BCUT2D eigenvalue weighted by atomic mass is 9.89. The van der Waals surface area contributed by atoms with E-state index in [1.807, 2.05) is 13.8 Å². The van der Waals surface area contributed by atoms with Crippen LogP contribution in [0.1, 0.15) is 90.4 Å². The molecule has 6 aliphatic rings. The molecule has 98 heavy (non-hydrogen) atoms. The average Bonchev–Trinajstić information content (AvgIpc) is 0.787. The molecule has 1 fully saturated rings. The zero-order valence-corrected chi connectivity index (χ0v) is 53.8. The molecule has 0 saturated carbocycles. The molecule has 6 heterocycles. The zero-order chi connectivity index (χ0) is 70.7. The number of aromatic hydroxyl groups is 3. The van der Waals surface area contributed by atoms with Gasteiger partial charge in [-0.15, -0.1) is 0 Å². The van der Waals surface area contributed by atoms with Crippen LogP contribution in [-0.2, 0) is 49.6 Å². The minimum atomic E-state index is -2.28. The number of amides is 8. The number of rotatable bonds is 14. The van der Waals surface area contributed by atoms with E-state index < -0.39 is 202 Å². The van der Waals surface area contributed by atoms with Gasteiger partial charge in [-0.05, 0) is 107 Å². The van der Waals surface area contributed by atoms with E-state index in [1.54, 1.807) is 30.3 Å². The van der Waals surface area contributed by atoms with E-state index in [-0.39, 0.29) is 57.1 Å². The summed E-state index contributed by atoms with van der Waals surface area (Å²) < 4.78 is 26.2. The van der Waals surface area contributed by atoms with Crippen molar-refractivity contribution in [2.24, 2.45) is 17.4 Å². The number of benzene rings is 6. The number of hydrogen-bond acceptors (Lipinski definition) is 22. The van der Waals surface area contributed by atoms with Crippen LogP contribution in [0.4, 0.5) is 0 Å². The minimum Gasteiger partial charge on any atom is -0.508 e. The predicted octanol–water partition coefficient (Wildman–Crippen LogP) is 1.07. The fourth-order valence-electron chi connectivity index (χ4n) is 11.8. The van der Waals surface area contributed by atoms with Gasteiger partial charge in [0.05, 0.1) is 35.2 Å². The van der Waals surface area contributed by atoms with Crippen molar-refractivity contribution >= 4 is 70.5 Å². The van der Waals surface area contributed by atoms with E-state index in [9.17, 15) is 64.8 Å². The molecule has 20 N–H and O–H groups in total. The van der Waals surface area contributed by atoms with E-state index in [4.69, 9.17) is 53.6 Å². The van der Waals surface area contributed by atoms with Gasteiger partial charge in [-0.3, -0.25) is 38.4 Å². The summed E-state index contributed by atoms with van der Waals surface area (Å²) in [5.74, 6) is -14.4. The van der Waals surface area contributed by atoms with Crippen molar-refractivity contribution in [3.8, 4) is 57.1 Å². The second-order valence-electron chi connectivity index (χ2n) is 24.1. The smallest absolute Gasteiger partial charge is 0.248 e. The van der Waals surface area contributed by atoms with E-state index in [2.05, 4.69) is 42.5 Å². The first-order chi connectivity index (χ1) is 46.6. The third-order valence-electron chi connectivity index (χ3n) is 16.8. The summed E-state index contributed by atoms with van der Waals surface area (Å²) >= 11 is 14.1. The van der Waals surface area contributed by atoms with Gasteiger partial charge in [0.25, 0.3) is 0 Å². The number of carbonyl (C=O) groups excluding carboxylic acids is 8. The maximum atomic E-state index is 16.0. The molecule has 12 rings (SSSR count). The number of phenolic OH excluding ortho intramolecular Hbond substituents is 3. The second-order valence-corrected chi connectivity index (χ2v) is 25.0. The third kappa shape index (κ3) is 15.3. The number of halogens is 2. The molecule has 6 aromatic carbocycles. The number of phenols is 3. The summed E-state index contributed by atoms with van der Waals surface area (Å²) in [7, 11) is 1.49. The molecule has 0 aromatic heterocycles. The first-order valence-electron chi connectivity index (χ1n) is 30.6. The van der Waals surface area contributed by atoms with Crippen molar-refractivity contribution in [3.05, 3.63) is 153 Å². The number of ether oxygens (including phenoxy) is 4. The summed E-state index contributed by atoms with van der Waals surface area (Å²) in [6.45, 7) is 2.81. The van der Waals surface area contributed by atoms with Crippen molar-refractivity contribution in [1.29, 1.82) is 0 Å². The van der Waals surface area contributed by atoms with Gasteiger partial charge < -0.3 is 114 Å². The summed E-state index contributed by atoms with van der Waals surface area (Å²) in [6, 6.07) is 8.00. The van der Waals surface area contributed by atoms with Crippen molar-refractivity contribution < 1.29 is 98.2 Å². The maximum Gasteiger partial charge on any atom is 0.248 e. The third-order valence-corrected chi connectivity index (χ3v) is 17.4. The van der Waals surface area contributed by atoms with Crippen LogP contribution < -0.4 is 68.2 Å². The molecule has 0 radical (unpaired) electrons. The van der Waals surface area contributed by atoms with Crippen LogP contribution in [-0.4, -0.2) is 157 Å². The van der Waals surface area contributed by atoms with Gasteiger partial charge in [0.15, 0.2) is 11.5 Å². The van der Waals surface area contributed by atoms with Crippen LogP contribution >= 0.6 is 23.2 Å². The number of primary amides is 2. The highest BCUT2D eigenvalue weighted by Gasteiger charge is 2.47. The van der Waals surface area contributed by atoms with E-state index in [1.165, 1.54) is 37.4 Å². The Kier molecular flexibility index (Phi) is 21.6. The second kappa shape index (κ2) is 29.9. The Morgan fingerprint density at radius 3 is 1.87 bits per heavy atom. The Hall–Kier alpha value is -9.86. The Balaban J connectivity index is 1.24. The Morgan fingerprint density at radius 2 is 1.27 bits per heavy atom. The number of likely N-dealkylation sites (N-methyl/N-ethyl adjacent to an activating group) is 1. The quantitative estimate of drug-likeness (QED) is 0.0725. The van der Waals surface area contributed by atoms with Gasteiger partial charge in [-0.1, -0.05) is 85.6 Å². The SMILES string of the molecule is CN[C@H](CC(C)C)C(=O)N[C@H]1C(=O)N[C@@H](CC(N)=O)C(=O)N[C@H]2C(=O)N[C@H]3C(=O)N[C@H](C(=O)N[C@H](C(N)=O)c4cc(O)cc(O)c4-c4cc3ccc4O)[C@H](O)c3ccc(c(Cl)c3)Oc3cc2cc(c3O[C@@H]2O[C@H](CO)[C@@H](O)[C@H](O)[C@H]2NCc2ccccc2)Oc2ccc(cc2Cl)[C@H]1O. The van der Waals surface area contributed by atoms with Crippen LogP contribution in [0.5, 0.6) is 46.0 Å². The summed E-state index contributed by atoms with van der Waals surface area (Å²) in [5, 5.41) is 112. The topological polar surface area (TPSA) is 484 Å². The lowest BCUT2D eigenvalue weighted by Crippen LogP contribution is -2.64. The van der Waals surface area contributed by atoms with E-state index >= 15 is 14.4 Å². The standard InChI is InChI=1S/C66H70Cl2N10O20/c1-26(2)15-37(71-3)60(89)77-51-54(84)29-10-13-41(35(67)17-29)95-43-19-31-20-44(58(43)98-66-53(57(87)56(86)45(25-79)97-66)72-24-27-7-5-4-6-8-27)96-42-14-11-30(18-36(42)68)55(85)52-65(94)76-50(59(70)88)34-21-32(80)22-40(82)47(34)33-16-28(9-12-39(33)81)48(62(91)78-52)75-63(92)49(31)74-61(90)38(23-46(69)83)73-64(51)93/h4-14,16-22,26,37-38,45,48-57,66,71-72,79-82,84-87H,15,23-25H2,1-3H3,(H2,69,83)(H2,70,88)(H,73,93)(H,74,90)(H,75,92)(H,76,94)(H,77,89)(H,78,91)/t37-,38+,45-,48-,49-,50+,51-,52+,53-,54-,55-,56-,57-,66+/m1/s1. The maximum absolute atomic E-state index is 16.0. The summed E-state index contributed by atoms with van der Waals surface area (Å²) in [5.41, 5.74) is 10.0. The van der Waals surface area contributed by atoms with Gasteiger partial charge in [0, 0.05) is 23.7 Å². The lowest BCUT2D eigenvalue weighted by Gasteiger charge is -2.42. The number of fused-ring (bicyclic) bond motifs is 15. The Labute approximate surface area is 567 Å².